The smallest absolute Gasteiger partial charge is 0.108 e. The molecule has 7 heteroatoms. The van der Waals surface area contributed by atoms with E-state index in [1.807, 2.05) is 0 Å². The van der Waals surface area contributed by atoms with Gasteiger partial charge in [0, 0.05) is 40.5 Å². The Labute approximate surface area is 215 Å². The topological polar surface area (TPSA) is 57.5 Å². The molecule has 7 nitrogen and oxygen atoms in total. The van der Waals surface area contributed by atoms with E-state index >= 15 is 0 Å². The maximum atomic E-state index is 5.97. The molecular formula is C29H41N3O4. The summed E-state index contributed by atoms with van der Waals surface area (Å²) in [6, 6.07) is 6.54. The Morgan fingerprint density at radius 1 is 1.06 bits per heavy atom. The predicted octanol–water partition coefficient (Wildman–Crippen LogP) is 4.76. The van der Waals surface area contributed by atoms with Crippen LogP contribution in [-0.2, 0) is 25.4 Å². The Morgan fingerprint density at radius 2 is 1.81 bits per heavy atom. The van der Waals surface area contributed by atoms with Gasteiger partial charge in [-0.05, 0) is 73.8 Å². The van der Waals surface area contributed by atoms with E-state index < -0.39 is 0 Å². The van der Waals surface area contributed by atoms with E-state index in [0.29, 0.717) is 12.5 Å². The van der Waals surface area contributed by atoms with E-state index in [9.17, 15) is 0 Å². The minimum absolute atomic E-state index is 0.0888. The minimum Gasteiger partial charge on any atom is -0.500 e. The van der Waals surface area contributed by atoms with Gasteiger partial charge in [-0.1, -0.05) is 13.0 Å². The van der Waals surface area contributed by atoms with Crippen LogP contribution in [0.25, 0.3) is 5.52 Å². The summed E-state index contributed by atoms with van der Waals surface area (Å²) >= 11 is 0. The lowest BCUT2D eigenvalue weighted by molar-refractivity contribution is 0.0682. The van der Waals surface area contributed by atoms with Crippen LogP contribution in [0.1, 0.15) is 49.9 Å². The Bertz CT molecular complexity index is 1100. The van der Waals surface area contributed by atoms with E-state index in [0.717, 1.165) is 68.5 Å². The highest BCUT2D eigenvalue weighted by molar-refractivity contribution is 5.76. The van der Waals surface area contributed by atoms with Gasteiger partial charge >= 0.3 is 0 Å². The van der Waals surface area contributed by atoms with Crippen molar-refractivity contribution in [3.63, 3.8) is 0 Å². The number of aromatic nitrogens is 2. The number of nitrogens with zero attached hydrogens (tertiary/aromatic N) is 3. The van der Waals surface area contributed by atoms with Crippen molar-refractivity contribution in [1.29, 1.82) is 0 Å². The van der Waals surface area contributed by atoms with E-state index in [1.165, 1.54) is 29.7 Å². The molecule has 1 saturated heterocycles. The summed E-state index contributed by atoms with van der Waals surface area (Å²) < 4.78 is 25.1. The average Bonchev–Trinajstić information content (AvgIpc) is 3.64. The van der Waals surface area contributed by atoms with E-state index in [1.54, 1.807) is 21.3 Å². The fourth-order valence-corrected chi connectivity index (χ4v) is 5.80. The van der Waals surface area contributed by atoms with Crippen LogP contribution in [0.3, 0.4) is 0 Å². The summed E-state index contributed by atoms with van der Waals surface area (Å²) in [6.07, 6.45) is 9.92. The van der Waals surface area contributed by atoms with Crippen LogP contribution in [-0.4, -0.2) is 70.0 Å². The molecule has 0 aromatic carbocycles. The molecule has 196 valence electrons. The number of hydrogen-bond donors (Lipinski definition) is 0. The highest BCUT2D eigenvalue weighted by atomic mass is 16.5. The van der Waals surface area contributed by atoms with Crippen molar-refractivity contribution in [3.8, 4) is 0 Å². The summed E-state index contributed by atoms with van der Waals surface area (Å²) in [5.41, 5.74) is 5.79. The van der Waals surface area contributed by atoms with Gasteiger partial charge in [-0.25, -0.2) is 4.52 Å². The number of fused-ring (bicyclic) bond motifs is 1. The summed E-state index contributed by atoms with van der Waals surface area (Å²) in [6.45, 7) is 6.70. The van der Waals surface area contributed by atoms with Gasteiger partial charge in [-0.3, -0.25) is 0 Å². The van der Waals surface area contributed by atoms with Gasteiger partial charge in [0.1, 0.15) is 5.76 Å². The number of anilines is 1. The maximum Gasteiger partial charge on any atom is 0.108 e. The van der Waals surface area contributed by atoms with Crippen LogP contribution in [0.15, 0.2) is 41.7 Å². The molecule has 3 aliphatic rings. The van der Waals surface area contributed by atoms with Crippen LogP contribution in [0.4, 0.5) is 5.69 Å². The Hall–Kier alpha value is -2.35. The molecule has 2 atom stereocenters. The van der Waals surface area contributed by atoms with Crippen LogP contribution >= 0.6 is 0 Å². The van der Waals surface area contributed by atoms with Crippen molar-refractivity contribution in [1.82, 2.24) is 9.61 Å². The van der Waals surface area contributed by atoms with Crippen LogP contribution in [0.2, 0.25) is 0 Å². The van der Waals surface area contributed by atoms with Gasteiger partial charge in [0.2, 0.25) is 0 Å². The molecule has 1 aliphatic heterocycles. The molecule has 2 aromatic rings. The van der Waals surface area contributed by atoms with E-state index in [2.05, 4.69) is 46.7 Å². The van der Waals surface area contributed by atoms with Crippen LogP contribution in [0.5, 0.6) is 0 Å². The first-order valence-corrected chi connectivity index (χ1v) is 13.5. The number of ether oxygens (including phenoxy) is 4. The van der Waals surface area contributed by atoms with Crippen molar-refractivity contribution < 1.29 is 18.9 Å². The quantitative estimate of drug-likeness (QED) is 0.448. The lowest BCUT2D eigenvalue weighted by Crippen LogP contribution is -2.34. The molecule has 0 bridgehead atoms. The normalized spacial score (nSPS) is 23.0. The summed E-state index contributed by atoms with van der Waals surface area (Å²) in [5, 5.41) is 5.21. The molecule has 0 N–H and O–H groups in total. The molecule has 2 aliphatic carbocycles. The van der Waals surface area contributed by atoms with Gasteiger partial charge in [0.25, 0.3) is 0 Å². The third-order valence-corrected chi connectivity index (χ3v) is 7.86. The zero-order chi connectivity index (χ0) is 25.1. The largest absolute Gasteiger partial charge is 0.500 e. The molecule has 2 aromatic heterocycles. The fourth-order valence-electron chi connectivity index (χ4n) is 5.80. The van der Waals surface area contributed by atoms with Gasteiger partial charge in [-0.15, -0.1) is 0 Å². The first-order chi connectivity index (χ1) is 17.7. The fraction of sp³-hybridized carbons (Fsp3) is 0.621. The van der Waals surface area contributed by atoms with Crippen molar-refractivity contribution in [3.05, 3.63) is 53.1 Å². The van der Waals surface area contributed by atoms with Crippen molar-refractivity contribution in [2.75, 3.05) is 59.1 Å². The molecule has 5 rings (SSSR count). The monoisotopic (exact) mass is 495 g/mol. The van der Waals surface area contributed by atoms with Gasteiger partial charge in [-0.2, -0.15) is 5.10 Å². The molecule has 0 amide bonds. The summed E-state index contributed by atoms with van der Waals surface area (Å²) in [4.78, 5) is 2.65. The number of pyridine rings is 1. The molecule has 0 radical (unpaired) electrons. The van der Waals surface area contributed by atoms with Crippen molar-refractivity contribution >= 4 is 11.2 Å². The number of rotatable bonds is 11. The highest BCUT2D eigenvalue weighted by Gasteiger charge is 2.34. The molecule has 3 heterocycles. The first kappa shape index (κ1) is 25.3. The molecule has 1 saturated carbocycles. The third-order valence-electron chi connectivity index (χ3n) is 7.86. The average molecular weight is 496 g/mol. The second-order valence-electron chi connectivity index (χ2n) is 10.4. The second kappa shape index (κ2) is 11.4. The van der Waals surface area contributed by atoms with Crippen LogP contribution < -0.4 is 4.90 Å². The zero-order valence-corrected chi connectivity index (χ0v) is 22.2. The summed E-state index contributed by atoms with van der Waals surface area (Å²) in [7, 11) is 5.20. The van der Waals surface area contributed by atoms with Crippen molar-refractivity contribution in [2.45, 2.75) is 51.0 Å². The standard InChI is InChI=1S/C29H41N3O4/c1-5-23-29(31(17-20-9-10-20)18-21-11-13-36-14-12-21)25-8-6-7-24(32(25)30-23)28-26(34-3)15-22(19-33-2)16-27(28)35-4/h6-8,15-16,20-21,26,28H,5,9-14,17-19H2,1-4H3. The number of methoxy groups -OCH3 is 3. The van der Waals surface area contributed by atoms with E-state index in [-0.39, 0.29) is 12.0 Å². The summed E-state index contributed by atoms with van der Waals surface area (Å²) in [5.74, 6) is 2.25. The molecule has 36 heavy (non-hydrogen) atoms. The number of hydrogen-bond acceptors (Lipinski definition) is 6. The lowest BCUT2D eigenvalue weighted by Gasteiger charge is -2.32. The first-order valence-electron chi connectivity index (χ1n) is 13.5. The zero-order valence-electron chi connectivity index (χ0n) is 22.2. The Morgan fingerprint density at radius 3 is 2.44 bits per heavy atom. The predicted molar refractivity (Wildman–Crippen MR) is 142 cm³/mol. The maximum absolute atomic E-state index is 5.97. The Balaban J connectivity index is 1.56. The van der Waals surface area contributed by atoms with Gasteiger partial charge in [0.05, 0.1) is 48.3 Å². The lowest BCUT2D eigenvalue weighted by atomic mass is 9.88. The van der Waals surface area contributed by atoms with Gasteiger partial charge < -0.3 is 23.8 Å². The number of aryl methyl sites for hydroxylation is 1. The van der Waals surface area contributed by atoms with E-state index in [4.69, 9.17) is 24.0 Å². The molecule has 0 spiro atoms. The highest BCUT2D eigenvalue weighted by Crippen LogP contribution is 2.39. The molecule has 2 unspecified atom stereocenters. The molecular weight excluding hydrogens is 454 g/mol. The van der Waals surface area contributed by atoms with Crippen molar-refractivity contribution in [2.24, 2.45) is 11.8 Å². The van der Waals surface area contributed by atoms with Crippen LogP contribution in [0, 0.1) is 11.8 Å². The minimum atomic E-state index is -0.164. The SMILES string of the molecule is CCc1nn2c(C3C(OC)=CC(COC)=CC3OC)cccc2c1N(CC1CCOCC1)CC1CC1. The van der Waals surface area contributed by atoms with Gasteiger partial charge in [0.15, 0.2) is 0 Å². The second-order valence-corrected chi connectivity index (χ2v) is 10.4. The Kier molecular flexibility index (Phi) is 7.99. The molecule has 2 fully saturated rings. The third kappa shape index (κ3) is 5.20.